The zero-order chi connectivity index (χ0) is 17.4. The van der Waals surface area contributed by atoms with Crippen molar-refractivity contribution in [1.29, 1.82) is 0 Å². The van der Waals surface area contributed by atoms with Crippen LogP contribution in [0.15, 0.2) is 18.2 Å². The largest absolute Gasteiger partial charge is 0.493 e. The van der Waals surface area contributed by atoms with Crippen LogP contribution in [0.25, 0.3) is 0 Å². The molecule has 1 fully saturated rings. The van der Waals surface area contributed by atoms with Gasteiger partial charge >= 0.3 is 0 Å². The normalized spacial score (nSPS) is 16.9. The Bertz CT molecular complexity index is 531. The van der Waals surface area contributed by atoms with Crippen LogP contribution in [0.1, 0.15) is 45.1 Å². The highest BCUT2D eigenvalue weighted by molar-refractivity contribution is 5.85. The van der Waals surface area contributed by atoms with E-state index >= 15 is 0 Å². The first kappa shape index (κ1) is 21.6. The maximum absolute atomic E-state index is 12.2. The average molecular weight is 371 g/mol. The van der Waals surface area contributed by atoms with Crippen molar-refractivity contribution < 1.29 is 14.3 Å². The Kier molecular flexibility index (Phi) is 9.68. The van der Waals surface area contributed by atoms with Crippen molar-refractivity contribution in [3.05, 3.63) is 23.8 Å². The first-order valence-electron chi connectivity index (χ1n) is 8.91. The smallest absolute Gasteiger partial charge is 0.237 e. The third-order valence-corrected chi connectivity index (χ3v) is 4.27. The van der Waals surface area contributed by atoms with Crippen LogP contribution in [-0.2, 0) is 11.3 Å². The number of amides is 1. The highest BCUT2D eigenvalue weighted by atomic mass is 35.5. The summed E-state index contributed by atoms with van der Waals surface area (Å²) in [6.45, 7) is 6.45. The second kappa shape index (κ2) is 11.2. The lowest BCUT2D eigenvalue weighted by molar-refractivity contribution is -0.123. The molecule has 5 nitrogen and oxygen atoms in total. The lowest BCUT2D eigenvalue weighted by Crippen LogP contribution is -2.46. The molecule has 1 aliphatic heterocycles. The summed E-state index contributed by atoms with van der Waals surface area (Å²) in [5, 5.41) is 6.26. The van der Waals surface area contributed by atoms with Gasteiger partial charge in [0.2, 0.25) is 5.91 Å². The molecule has 0 spiro atoms. The lowest BCUT2D eigenvalue weighted by atomic mass is 10.0. The molecule has 1 aromatic rings. The average Bonchev–Trinajstić information content (AvgIpc) is 2.60. The predicted molar refractivity (Wildman–Crippen MR) is 103 cm³/mol. The fourth-order valence-electron chi connectivity index (χ4n) is 2.73. The van der Waals surface area contributed by atoms with Gasteiger partial charge in [0, 0.05) is 6.54 Å². The Labute approximate surface area is 157 Å². The molecule has 1 aromatic carbocycles. The number of piperidine rings is 1. The van der Waals surface area contributed by atoms with E-state index in [1.165, 1.54) is 0 Å². The molecule has 1 unspecified atom stereocenters. The van der Waals surface area contributed by atoms with Gasteiger partial charge in [-0.2, -0.15) is 0 Å². The number of hydrogen-bond donors (Lipinski definition) is 2. The Morgan fingerprint density at radius 3 is 2.76 bits per heavy atom. The molecule has 1 saturated heterocycles. The number of hydrogen-bond acceptors (Lipinski definition) is 4. The third kappa shape index (κ3) is 7.12. The minimum absolute atomic E-state index is 0. The van der Waals surface area contributed by atoms with Crippen LogP contribution in [0, 0.1) is 5.92 Å². The van der Waals surface area contributed by atoms with Crippen molar-refractivity contribution >= 4 is 18.3 Å². The van der Waals surface area contributed by atoms with Crippen LogP contribution in [0.3, 0.4) is 0 Å². The van der Waals surface area contributed by atoms with Gasteiger partial charge in [0.1, 0.15) is 0 Å². The van der Waals surface area contributed by atoms with Gasteiger partial charge in [-0.1, -0.05) is 26.3 Å². The molecular formula is C19H31ClN2O3. The highest BCUT2D eigenvalue weighted by Gasteiger charge is 2.20. The molecule has 0 saturated carbocycles. The van der Waals surface area contributed by atoms with Gasteiger partial charge in [-0.05, 0) is 49.4 Å². The van der Waals surface area contributed by atoms with E-state index in [1.807, 2.05) is 18.2 Å². The predicted octanol–water partition coefficient (Wildman–Crippen LogP) is 3.30. The fraction of sp³-hybridized carbons (Fsp3) is 0.632. The number of carbonyl (C=O) groups excluding carboxylic acids is 1. The summed E-state index contributed by atoms with van der Waals surface area (Å²) in [5.74, 6) is 2.15. The maximum atomic E-state index is 12.2. The molecule has 2 N–H and O–H groups in total. The van der Waals surface area contributed by atoms with E-state index in [1.54, 1.807) is 7.11 Å². The van der Waals surface area contributed by atoms with Gasteiger partial charge < -0.3 is 20.1 Å². The van der Waals surface area contributed by atoms with Crippen LogP contribution in [0.5, 0.6) is 11.5 Å². The Hall–Kier alpha value is -1.46. The molecular weight excluding hydrogens is 340 g/mol. The first-order chi connectivity index (χ1) is 11.6. The van der Waals surface area contributed by atoms with Gasteiger partial charge in [-0.3, -0.25) is 4.79 Å². The van der Waals surface area contributed by atoms with Gasteiger partial charge in [-0.15, -0.1) is 12.4 Å². The molecule has 1 aliphatic rings. The summed E-state index contributed by atoms with van der Waals surface area (Å²) >= 11 is 0. The second-order valence-electron chi connectivity index (χ2n) is 6.74. The van der Waals surface area contributed by atoms with E-state index in [0.29, 0.717) is 24.8 Å². The highest BCUT2D eigenvalue weighted by Crippen LogP contribution is 2.28. The molecule has 0 aliphatic carbocycles. The fourth-order valence-corrected chi connectivity index (χ4v) is 2.73. The summed E-state index contributed by atoms with van der Waals surface area (Å²) in [5.41, 5.74) is 1.01. The minimum atomic E-state index is -0.0562. The summed E-state index contributed by atoms with van der Waals surface area (Å²) in [6.07, 6.45) is 4.19. The molecule has 142 valence electrons. The van der Waals surface area contributed by atoms with Crippen LogP contribution in [0.4, 0.5) is 0 Å². The molecule has 0 radical (unpaired) electrons. The Balaban J connectivity index is 0.00000312. The number of halogens is 1. The van der Waals surface area contributed by atoms with E-state index in [9.17, 15) is 4.79 Å². The maximum Gasteiger partial charge on any atom is 0.237 e. The van der Waals surface area contributed by atoms with Gasteiger partial charge in [0.15, 0.2) is 11.5 Å². The third-order valence-electron chi connectivity index (χ3n) is 4.27. The Morgan fingerprint density at radius 2 is 2.12 bits per heavy atom. The Morgan fingerprint density at radius 1 is 1.32 bits per heavy atom. The van der Waals surface area contributed by atoms with Crippen LogP contribution in [0.2, 0.25) is 0 Å². The molecule has 25 heavy (non-hydrogen) atoms. The van der Waals surface area contributed by atoms with Crippen LogP contribution < -0.4 is 20.1 Å². The van der Waals surface area contributed by atoms with E-state index in [0.717, 1.165) is 43.5 Å². The minimum Gasteiger partial charge on any atom is -0.493 e. The van der Waals surface area contributed by atoms with Crippen molar-refractivity contribution in [3.63, 3.8) is 0 Å². The van der Waals surface area contributed by atoms with Crippen molar-refractivity contribution in [2.75, 3.05) is 20.3 Å². The number of carbonyl (C=O) groups is 1. The molecule has 2 rings (SSSR count). The van der Waals surface area contributed by atoms with Crippen LogP contribution >= 0.6 is 12.4 Å². The first-order valence-corrected chi connectivity index (χ1v) is 8.91. The van der Waals surface area contributed by atoms with E-state index in [4.69, 9.17) is 9.47 Å². The summed E-state index contributed by atoms with van der Waals surface area (Å²) in [7, 11) is 1.64. The summed E-state index contributed by atoms with van der Waals surface area (Å²) in [6, 6.07) is 5.76. The van der Waals surface area contributed by atoms with Crippen molar-refractivity contribution in [2.24, 2.45) is 5.92 Å². The van der Waals surface area contributed by atoms with Gasteiger partial charge in [0.05, 0.1) is 19.8 Å². The zero-order valence-corrected chi connectivity index (χ0v) is 16.3. The van der Waals surface area contributed by atoms with Crippen molar-refractivity contribution in [1.82, 2.24) is 10.6 Å². The standard InChI is InChI=1S/C19H30N2O3.ClH/c1-14(2)9-11-24-17-8-7-15(12-18(17)23-3)13-21-19(22)16-6-4-5-10-20-16;/h7-8,12,14,16,20H,4-6,9-11,13H2,1-3H3,(H,21,22);1H. The van der Waals surface area contributed by atoms with Gasteiger partial charge in [0.25, 0.3) is 0 Å². The number of nitrogens with one attached hydrogen (secondary N) is 2. The number of benzene rings is 1. The quantitative estimate of drug-likeness (QED) is 0.737. The van der Waals surface area contributed by atoms with E-state index in [2.05, 4.69) is 24.5 Å². The zero-order valence-electron chi connectivity index (χ0n) is 15.5. The second-order valence-corrected chi connectivity index (χ2v) is 6.74. The molecule has 0 aromatic heterocycles. The molecule has 1 heterocycles. The topological polar surface area (TPSA) is 59.6 Å². The van der Waals surface area contributed by atoms with E-state index < -0.39 is 0 Å². The summed E-state index contributed by atoms with van der Waals surface area (Å²) in [4.78, 5) is 12.2. The van der Waals surface area contributed by atoms with Crippen LogP contribution in [-0.4, -0.2) is 32.2 Å². The molecule has 6 heteroatoms. The monoisotopic (exact) mass is 370 g/mol. The number of rotatable bonds is 8. The van der Waals surface area contributed by atoms with Crippen molar-refractivity contribution in [3.8, 4) is 11.5 Å². The molecule has 0 bridgehead atoms. The summed E-state index contributed by atoms with van der Waals surface area (Å²) < 4.78 is 11.2. The number of methoxy groups -OCH3 is 1. The van der Waals surface area contributed by atoms with Gasteiger partial charge in [-0.25, -0.2) is 0 Å². The van der Waals surface area contributed by atoms with Crippen molar-refractivity contribution in [2.45, 2.75) is 52.1 Å². The molecule has 1 atom stereocenters. The molecule has 1 amide bonds. The van der Waals surface area contributed by atoms with E-state index in [-0.39, 0.29) is 24.4 Å². The lowest BCUT2D eigenvalue weighted by Gasteiger charge is -2.22. The SMILES string of the molecule is COc1cc(CNC(=O)C2CCCCN2)ccc1OCCC(C)C.Cl. The number of ether oxygens (including phenoxy) is 2.